The number of methoxy groups -OCH3 is 2. The Morgan fingerprint density at radius 3 is 2.28 bits per heavy atom. The number of aryl methyl sites for hydroxylation is 1. The van der Waals surface area contributed by atoms with Crippen molar-refractivity contribution in [2.75, 3.05) is 20.0 Å². The number of rotatable bonds is 9. The van der Waals surface area contributed by atoms with E-state index >= 15 is 0 Å². The zero-order valence-electron chi connectivity index (χ0n) is 20.5. The third-order valence-electron chi connectivity index (χ3n) is 6.18. The lowest BCUT2D eigenvalue weighted by atomic mass is 9.81. The van der Waals surface area contributed by atoms with Gasteiger partial charge in [-0.2, -0.15) is 0 Å². The van der Waals surface area contributed by atoms with Crippen LogP contribution in [0.2, 0.25) is 5.02 Å². The quantitative estimate of drug-likeness (QED) is 0.211. The Morgan fingerprint density at radius 1 is 0.917 bits per heavy atom. The van der Waals surface area contributed by atoms with Crippen LogP contribution in [-0.4, -0.2) is 29.5 Å². The third kappa shape index (κ3) is 5.37. The van der Waals surface area contributed by atoms with Gasteiger partial charge in [-0.05, 0) is 66.1 Å². The van der Waals surface area contributed by atoms with Crippen LogP contribution in [0.1, 0.15) is 30.7 Å². The first kappa shape index (κ1) is 26.0. The Bertz CT molecular complexity index is 1360. The van der Waals surface area contributed by atoms with E-state index in [1.54, 1.807) is 44.2 Å². The van der Waals surface area contributed by atoms with Crippen molar-refractivity contribution < 1.29 is 18.3 Å². The number of halogens is 3. The second-order valence-corrected chi connectivity index (χ2v) is 10.2. The average molecular weight is 529 g/mol. The molecule has 188 valence electrons. The van der Waals surface area contributed by atoms with Gasteiger partial charge in [0.2, 0.25) is 0 Å². The third-order valence-corrected chi connectivity index (χ3v) is 7.48. The van der Waals surface area contributed by atoms with Crippen molar-refractivity contribution in [3.8, 4) is 17.2 Å². The molecule has 0 unspecified atom stereocenters. The van der Waals surface area contributed by atoms with E-state index in [9.17, 15) is 8.78 Å². The zero-order chi connectivity index (χ0) is 25.9. The van der Waals surface area contributed by atoms with E-state index in [0.717, 1.165) is 27.7 Å². The fourth-order valence-electron chi connectivity index (χ4n) is 4.07. The number of aromatic nitrogens is 2. The van der Waals surface area contributed by atoms with Gasteiger partial charge in [0.05, 0.1) is 26.1 Å². The summed E-state index contributed by atoms with van der Waals surface area (Å²) in [5.41, 5.74) is 3.15. The zero-order valence-corrected chi connectivity index (χ0v) is 22.1. The highest BCUT2D eigenvalue weighted by molar-refractivity contribution is 7.99. The van der Waals surface area contributed by atoms with E-state index in [2.05, 4.69) is 13.8 Å². The predicted molar refractivity (Wildman–Crippen MR) is 141 cm³/mol. The van der Waals surface area contributed by atoms with E-state index in [1.165, 1.54) is 24.3 Å². The van der Waals surface area contributed by atoms with Crippen LogP contribution in [0.25, 0.3) is 5.69 Å². The Kier molecular flexibility index (Phi) is 7.91. The molecule has 0 bridgehead atoms. The molecule has 1 aromatic heterocycles. The second-order valence-electron chi connectivity index (χ2n) is 8.77. The van der Waals surface area contributed by atoms with Crippen LogP contribution in [0.4, 0.5) is 8.78 Å². The molecule has 0 N–H and O–H groups in total. The van der Waals surface area contributed by atoms with Gasteiger partial charge >= 0.3 is 0 Å². The molecular weight excluding hydrogens is 502 g/mol. The lowest BCUT2D eigenvalue weighted by Gasteiger charge is -2.28. The summed E-state index contributed by atoms with van der Waals surface area (Å²) in [4.78, 5) is 4.73. The molecule has 0 spiro atoms. The molecule has 4 aromatic rings. The molecule has 0 amide bonds. The lowest BCUT2D eigenvalue weighted by Crippen LogP contribution is -2.23. The second kappa shape index (κ2) is 10.9. The van der Waals surface area contributed by atoms with Gasteiger partial charge in [-0.25, -0.2) is 13.8 Å². The molecule has 4 rings (SSSR count). The number of hydrogen-bond acceptors (Lipinski definition) is 4. The van der Waals surface area contributed by atoms with Crippen LogP contribution in [0.15, 0.2) is 72.0 Å². The molecule has 3 aromatic carbocycles. The van der Waals surface area contributed by atoms with Crippen LogP contribution < -0.4 is 9.47 Å². The highest BCUT2D eigenvalue weighted by atomic mass is 35.5. The topological polar surface area (TPSA) is 36.3 Å². The van der Waals surface area contributed by atoms with Gasteiger partial charge in [0, 0.05) is 21.9 Å². The molecule has 0 aliphatic carbocycles. The van der Waals surface area contributed by atoms with Gasteiger partial charge in [0.1, 0.15) is 11.6 Å². The van der Waals surface area contributed by atoms with Crippen molar-refractivity contribution in [2.24, 2.45) is 0 Å². The average Bonchev–Trinajstić information content (AvgIpc) is 3.30. The van der Waals surface area contributed by atoms with E-state index in [0.29, 0.717) is 28.7 Å². The summed E-state index contributed by atoms with van der Waals surface area (Å²) in [6.07, 6.45) is 2.50. The predicted octanol–water partition coefficient (Wildman–Crippen LogP) is 7.48. The lowest BCUT2D eigenvalue weighted by molar-refractivity contribution is 0.353. The van der Waals surface area contributed by atoms with E-state index < -0.39 is 5.41 Å². The van der Waals surface area contributed by atoms with Gasteiger partial charge in [-0.15, -0.1) is 0 Å². The van der Waals surface area contributed by atoms with Crippen molar-refractivity contribution in [1.29, 1.82) is 0 Å². The Labute approximate surface area is 219 Å². The van der Waals surface area contributed by atoms with Crippen LogP contribution in [-0.2, 0) is 11.8 Å². The number of imidazole rings is 1. The van der Waals surface area contributed by atoms with Crippen LogP contribution in [0.3, 0.4) is 0 Å². The Hall–Kier alpha value is -3.03. The summed E-state index contributed by atoms with van der Waals surface area (Å²) in [6.45, 7) is 4.22. The van der Waals surface area contributed by atoms with Gasteiger partial charge < -0.3 is 9.47 Å². The van der Waals surface area contributed by atoms with Gasteiger partial charge in [-0.3, -0.25) is 4.57 Å². The maximum Gasteiger partial charge on any atom is 0.172 e. The standard InChI is InChI=1S/C28H27ClF2N2O2S/c1-28(2,19-6-12-24(34-3)25(15-19)35-4)26-17-32-27(33(26)22-10-8-20(30)9-11-22)36-14-13-18-5-7-21(31)16-23(18)29/h5-12,15-17H,13-14H2,1-4H3. The normalized spacial score (nSPS) is 11.5. The number of benzene rings is 3. The summed E-state index contributed by atoms with van der Waals surface area (Å²) >= 11 is 7.77. The Morgan fingerprint density at radius 2 is 1.61 bits per heavy atom. The SMILES string of the molecule is COc1ccc(C(C)(C)c2cnc(SCCc3ccc(F)cc3Cl)n2-c2ccc(F)cc2)cc1OC. The Balaban J connectivity index is 1.70. The summed E-state index contributed by atoms with van der Waals surface area (Å²) < 4.78 is 40.1. The van der Waals surface area contributed by atoms with Gasteiger partial charge in [0.15, 0.2) is 16.7 Å². The van der Waals surface area contributed by atoms with E-state index in [-0.39, 0.29) is 11.6 Å². The number of nitrogens with zero attached hydrogens (tertiary/aromatic N) is 2. The maximum absolute atomic E-state index is 13.7. The molecule has 0 fully saturated rings. The van der Waals surface area contributed by atoms with Crippen LogP contribution in [0.5, 0.6) is 11.5 Å². The smallest absolute Gasteiger partial charge is 0.172 e. The van der Waals surface area contributed by atoms with Crippen molar-refractivity contribution in [3.63, 3.8) is 0 Å². The molecule has 0 saturated carbocycles. The monoisotopic (exact) mass is 528 g/mol. The van der Waals surface area contributed by atoms with E-state index in [4.69, 9.17) is 26.1 Å². The summed E-state index contributed by atoms with van der Waals surface area (Å²) in [5, 5.41) is 1.18. The van der Waals surface area contributed by atoms with Gasteiger partial charge in [-0.1, -0.05) is 49.3 Å². The summed E-state index contributed by atoms with van der Waals surface area (Å²) in [6, 6.07) is 16.7. The first-order valence-corrected chi connectivity index (χ1v) is 12.7. The number of thioether (sulfide) groups is 1. The van der Waals surface area contributed by atoms with Crippen molar-refractivity contribution in [3.05, 3.63) is 100 Å². The molecule has 36 heavy (non-hydrogen) atoms. The first-order valence-electron chi connectivity index (χ1n) is 11.4. The molecule has 8 heteroatoms. The first-order chi connectivity index (χ1) is 17.2. The molecule has 4 nitrogen and oxygen atoms in total. The largest absolute Gasteiger partial charge is 0.493 e. The number of hydrogen-bond donors (Lipinski definition) is 0. The minimum absolute atomic E-state index is 0.306. The molecule has 1 heterocycles. The minimum atomic E-state index is -0.472. The van der Waals surface area contributed by atoms with Gasteiger partial charge in [0.25, 0.3) is 0 Å². The highest BCUT2D eigenvalue weighted by Gasteiger charge is 2.30. The van der Waals surface area contributed by atoms with Crippen LogP contribution >= 0.6 is 23.4 Å². The van der Waals surface area contributed by atoms with Crippen molar-refractivity contribution in [2.45, 2.75) is 30.8 Å². The molecule has 0 aliphatic heterocycles. The molecular formula is C28H27ClF2N2O2S. The molecule has 0 atom stereocenters. The van der Waals surface area contributed by atoms with Crippen molar-refractivity contribution >= 4 is 23.4 Å². The molecule has 0 aliphatic rings. The fraction of sp³-hybridized carbons (Fsp3) is 0.250. The van der Waals surface area contributed by atoms with Crippen molar-refractivity contribution in [1.82, 2.24) is 9.55 Å². The summed E-state index contributed by atoms with van der Waals surface area (Å²) in [5.74, 6) is 1.31. The fourth-order valence-corrected chi connectivity index (χ4v) is 5.29. The molecule has 0 saturated heterocycles. The molecule has 0 radical (unpaired) electrons. The maximum atomic E-state index is 13.7. The van der Waals surface area contributed by atoms with Crippen LogP contribution in [0, 0.1) is 11.6 Å². The number of ether oxygens (including phenoxy) is 2. The minimum Gasteiger partial charge on any atom is -0.493 e. The van der Waals surface area contributed by atoms with E-state index in [1.807, 2.05) is 29.0 Å². The highest BCUT2D eigenvalue weighted by Crippen LogP contribution is 2.39. The summed E-state index contributed by atoms with van der Waals surface area (Å²) in [7, 11) is 3.22.